The van der Waals surface area contributed by atoms with Gasteiger partial charge in [-0.2, -0.15) is 0 Å². The van der Waals surface area contributed by atoms with Crippen LogP contribution < -0.4 is 4.74 Å². The summed E-state index contributed by atoms with van der Waals surface area (Å²) in [6, 6.07) is 39.5. The molecule has 0 saturated heterocycles. The van der Waals surface area contributed by atoms with Gasteiger partial charge in [0.15, 0.2) is 0 Å². The average Bonchev–Trinajstić information content (AvgIpc) is 3.94. The lowest BCUT2D eigenvalue weighted by Gasteiger charge is -2.18. The fourth-order valence-electron chi connectivity index (χ4n) is 7.02. The lowest BCUT2D eigenvalue weighted by atomic mass is 9.86. The number of hydrogen-bond donors (Lipinski definition) is 4. The van der Waals surface area contributed by atoms with Crippen molar-refractivity contribution in [2.75, 3.05) is 0 Å². The highest BCUT2D eigenvalue weighted by Gasteiger charge is 2.35. The molecule has 2 aromatic heterocycles. The maximum absolute atomic E-state index is 11.5. The van der Waals surface area contributed by atoms with Gasteiger partial charge in [0.25, 0.3) is 0 Å². The highest BCUT2D eigenvalue weighted by Crippen LogP contribution is 2.46. The zero-order valence-electron chi connectivity index (χ0n) is 28.0. The highest BCUT2D eigenvalue weighted by molar-refractivity contribution is 5.90. The number of aromatic carboxylic acids is 2. The summed E-state index contributed by atoms with van der Waals surface area (Å²) >= 11 is 0. The van der Waals surface area contributed by atoms with Crippen molar-refractivity contribution in [2.24, 2.45) is 0 Å². The molecule has 2 aliphatic rings. The van der Waals surface area contributed by atoms with Crippen LogP contribution in [0.25, 0.3) is 62.1 Å². The summed E-state index contributed by atoms with van der Waals surface area (Å²) in [6.07, 6.45) is 6.18. The first-order valence-corrected chi connectivity index (χ1v) is 17.1. The molecule has 1 aliphatic heterocycles. The molecule has 0 spiro atoms. The molecular weight excluding hydrogens is 665 g/mol. The first kappa shape index (κ1) is 31.7. The van der Waals surface area contributed by atoms with Crippen molar-refractivity contribution >= 4 is 17.5 Å². The molecule has 256 valence electrons. The highest BCUT2D eigenvalue weighted by atomic mass is 16.5. The van der Waals surface area contributed by atoms with Crippen LogP contribution in [0, 0.1) is 0 Å². The minimum Gasteiger partial charge on any atom is -0.485 e. The monoisotopic (exact) mass is 694 g/mol. The van der Waals surface area contributed by atoms with Crippen LogP contribution >= 0.6 is 0 Å². The molecule has 9 rings (SSSR count). The number of rotatable bonds is 8. The van der Waals surface area contributed by atoms with E-state index in [1.165, 1.54) is 0 Å². The first-order valence-electron chi connectivity index (χ1n) is 17.1. The lowest BCUT2D eigenvalue weighted by Crippen LogP contribution is -2.17. The minimum atomic E-state index is -0.980. The number of carboxylic acids is 2. The Labute approximate surface area is 303 Å². The van der Waals surface area contributed by atoms with E-state index < -0.39 is 11.9 Å². The van der Waals surface area contributed by atoms with Crippen molar-refractivity contribution in [1.29, 1.82) is 0 Å². The summed E-state index contributed by atoms with van der Waals surface area (Å²) in [6.45, 7) is 0. The van der Waals surface area contributed by atoms with Gasteiger partial charge in [0.05, 0.1) is 33.9 Å². The van der Waals surface area contributed by atoms with Crippen molar-refractivity contribution in [3.63, 3.8) is 0 Å². The predicted octanol–water partition coefficient (Wildman–Crippen LogP) is 9.36. The Morgan fingerprint density at radius 3 is 1.70 bits per heavy atom. The van der Waals surface area contributed by atoms with E-state index >= 15 is 0 Å². The van der Waals surface area contributed by atoms with Gasteiger partial charge in [0.1, 0.15) is 23.5 Å². The Morgan fingerprint density at radius 1 is 0.585 bits per heavy atom. The van der Waals surface area contributed by atoms with Crippen LogP contribution in [0.2, 0.25) is 0 Å². The third-order valence-corrected chi connectivity index (χ3v) is 9.70. The van der Waals surface area contributed by atoms with Gasteiger partial charge in [-0.1, -0.05) is 97.1 Å². The Balaban J connectivity index is 1.12. The number of nitrogens with one attached hydrogen (secondary N) is 2. The van der Waals surface area contributed by atoms with E-state index in [-0.39, 0.29) is 23.1 Å². The van der Waals surface area contributed by atoms with E-state index in [1.807, 2.05) is 72.8 Å². The molecule has 0 saturated carbocycles. The van der Waals surface area contributed by atoms with Crippen LogP contribution in [0.1, 0.15) is 37.9 Å². The standard InChI is InChI=1S/C44H30N4O5/c49-43(50)29-15-11-27(12-16-29)41-45-37(25-7-3-1-4-8-25)39(47-41)31-19-21-35-33(23-31)34-24-32(20-22-36(34)53-35)40-38(26-9-5-2-6-10-26)46-42(48-40)28-13-17-30(18-14-28)44(51)52/h1-24,33,35H,(H,45,47)(H,46,48)(H,49,50)(H,51,52). The number of hydrogen-bond acceptors (Lipinski definition) is 5. The molecule has 1 aliphatic carbocycles. The number of allylic oxidation sites excluding steroid dienone is 2. The average molecular weight is 695 g/mol. The van der Waals surface area contributed by atoms with Gasteiger partial charge in [0.2, 0.25) is 0 Å². The fraction of sp³-hybridized carbons (Fsp3) is 0.0455. The Hall–Kier alpha value is -7.26. The molecule has 7 aromatic rings. The number of nitrogens with zero attached hydrogens (tertiary/aromatic N) is 2. The van der Waals surface area contributed by atoms with E-state index in [2.05, 4.69) is 34.3 Å². The number of ether oxygens (including phenoxy) is 1. The zero-order chi connectivity index (χ0) is 36.1. The Morgan fingerprint density at radius 2 is 1.11 bits per heavy atom. The van der Waals surface area contributed by atoms with E-state index in [4.69, 9.17) is 14.7 Å². The van der Waals surface area contributed by atoms with Crippen LogP contribution in [0.4, 0.5) is 0 Å². The largest absolute Gasteiger partial charge is 0.485 e. The molecule has 5 aromatic carbocycles. The molecule has 0 bridgehead atoms. The second-order valence-electron chi connectivity index (χ2n) is 13.0. The van der Waals surface area contributed by atoms with Crippen molar-refractivity contribution in [2.45, 2.75) is 12.0 Å². The topological polar surface area (TPSA) is 141 Å². The van der Waals surface area contributed by atoms with Gasteiger partial charge in [-0.05, 0) is 54.1 Å². The summed E-state index contributed by atoms with van der Waals surface area (Å²) in [5, 5.41) is 18.8. The molecule has 0 fully saturated rings. The van der Waals surface area contributed by atoms with Crippen molar-refractivity contribution in [1.82, 2.24) is 19.9 Å². The predicted molar refractivity (Wildman–Crippen MR) is 203 cm³/mol. The normalized spacial score (nSPS) is 15.7. The van der Waals surface area contributed by atoms with E-state index in [0.717, 1.165) is 67.5 Å². The quantitative estimate of drug-likeness (QED) is 0.124. The molecule has 4 N–H and O–H groups in total. The van der Waals surface area contributed by atoms with E-state index in [9.17, 15) is 19.8 Å². The second-order valence-corrected chi connectivity index (χ2v) is 13.0. The van der Waals surface area contributed by atoms with Crippen molar-refractivity contribution < 1.29 is 24.5 Å². The van der Waals surface area contributed by atoms with E-state index in [0.29, 0.717) is 11.6 Å². The summed E-state index contributed by atoms with van der Waals surface area (Å²) in [5.41, 5.74) is 10.1. The Bertz CT molecular complexity index is 2590. The van der Waals surface area contributed by atoms with Crippen LogP contribution in [0.5, 0.6) is 5.75 Å². The third kappa shape index (κ3) is 5.80. The van der Waals surface area contributed by atoms with E-state index in [1.54, 1.807) is 48.5 Å². The first-order chi connectivity index (χ1) is 25.9. The van der Waals surface area contributed by atoms with Crippen LogP contribution in [-0.2, 0) is 0 Å². The zero-order valence-corrected chi connectivity index (χ0v) is 28.0. The maximum atomic E-state index is 11.5. The van der Waals surface area contributed by atoms with Crippen LogP contribution in [-0.4, -0.2) is 48.2 Å². The number of H-pyrrole nitrogens is 2. The second kappa shape index (κ2) is 12.8. The number of carbonyl (C=O) groups is 2. The molecule has 3 heterocycles. The van der Waals surface area contributed by atoms with Gasteiger partial charge in [0, 0.05) is 39.3 Å². The van der Waals surface area contributed by atoms with Crippen LogP contribution in [0.15, 0.2) is 146 Å². The van der Waals surface area contributed by atoms with Crippen molar-refractivity contribution in [3.05, 3.63) is 168 Å². The van der Waals surface area contributed by atoms with Crippen molar-refractivity contribution in [3.8, 4) is 62.3 Å². The molecule has 0 radical (unpaired) electrons. The number of imidazole rings is 2. The maximum Gasteiger partial charge on any atom is 0.335 e. The SMILES string of the molecule is O=C(O)c1ccc(-c2nc(-c3ccccc3)c(C3=CC4c5cc(-c6nc(-c7ccc(C(=O)O)cc7)[nH]c6-c6ccccc6)ccc5OC4C=C3)[nH]2)cc1. The smallest absolute Gasteiger partial charge is 0.335 e. The number of fused-ring (bicyclic) bond motifs is 3. The summed E-state index contributed by atoms with van der Waals surface area (Å²) in [5.74, 6) is 0.0303. The van der Waals surface area contributed by atoms with Gasteiger partial charge in [-0.3, -0.25) is 0 Å². The number of aromatic amines is 2. The lowest BCUT2D eigenvalue weighted by molar-refractivity contribution is 0.0686. The summed E-state index contributed by atoms with van der Waals surface area (Å²) in [4.78, 5) is 40.1. The van der Waals surface area contributed by atoms with Gasteiger partial charge in [-0.15, -0.1) is 0 Å². The van der Waals surface area contributed by atoms with Gasteiger partial charge in [-0.25, -0.2) is 19.6 Å². The summed E-state index contributed by atoms with van der Waals surface area (Å²) < 4.78 is 6.44. The number of benzene rings is 5. The third-order valence-electron chi connectivity index (χ3n) is 9.70. The van der Waals surface area contributed by atoms with Gasteiger partial charge >= 0.3 is 11.9 Å². The number of aromatic nitrogens is 4. The minimum absolute atomic E-state index is 0.0858. The summed E-state index contributed by atoms with van der Waals surface area (Å²) in [7, 11) is 0. The molecule has 2 unspecified atom stereocenters. The molecule has 9 heteroatoms. The van der Waals surface area contributed by atoms with Crippen LogP contribution in [0.3, 0.4) is 0 Å². The Kier molecular flexibility index (Phi) is 7.66. The van der Waals surface area contributed by atoms with Gasteiger partial charge < -0.3 is 24.9 Å². The number of carboxylic acid groups (broad SMARTS) is 2. The molecule has 53 heavy (non-hydrogen) atoms. The molecular formula is C44H30N4O5. The molecule has 0 amide bonds. The fourth-order valence-corrected chi connectivity index (χ4v) is 7.02. The molecule has 9 nitrogen and oxygen atoms in total. The molecule has 2 atom stereocenters.